The van der Waals surface area contributed by atoms with Crippen LogP contribution in [0.2, 0.25) is 0 Å². The van der Waals surface area contributed by atoms with Crippen molar-refractivity contribution in [1.29, 1.82) is 0 Å². The Bertz CT molecular complexity index is 1240. The van der Waals surface area contributed by atoms with Crippen LogP contribution < -0.4 is 5.32 Å². The van der Waals surface area contributed by atoms with Crippen molar-refractivity contribution in [1.82, 2.24) is 4.57 Å². The third-order valence-corrected chi connectivity index (χ3v) is 5.10. The lowest BCUT2D eigenvalue weighted by Gasteiger charge is -2.11. The molecular formula is C24H19FN2O2. The average Bonchev–Trinajstić information content (AvgIpc) is 3.03. The summed E-state index contributed by atoms with van der Waals surface area (Å²) in [7, 11) is 1.76. The first kappa shape index (κ1) is 18.6. The molecule has 0 aliphatic heterocycles. The zero-order valence-corrected chi connectivity index (χ0v) is 16.1. The van der Waals surface area contributed by atoms with Gasteiger partial charge in [0.1, 0.15) is 11.5 Å². The predicted octanol–water partition coefficient (Wildman–Crippen LogP) is 5.11. The molecule has 4 nitrogen and oxygen atoms in total. The van der Waals surface area contributed by atoms with Crippen LogP contribution in [0.1, 0.15) is 16.2 Å². The van der Waals surface area contributed by atoms with Crippen LogP contribution in [0.3, 0.4) is 0 Å². The predicted molar refractivity (Wildman–Crippen MR) is 112 cm³/mol. The van der Waals surface area contributed by atoms with Crippen LogP contribution in [0.25, 0.3) is 21.9 Å². The monoisotopic (exact) mass is 386 g/mol. The fourth-order valence-corrected chi connectivity index (χ4v) is 3.51. The lowest BCUT2D eigenvalue weighted by atomic mass is 10.0. The van der Waals surface area contributed by atoms with Crippen LogP contribution in [-0.2, 0) is 11.8 Å². The van der Waals surface area contributed by atoms with Gasteiger partial charge in [0.15, 0.2) is 0 Å². The second kappa shape index (κ2) is 7.36. The molecule has 0 spiro atoms. The summed E-state index contributed by atoms with van der Waals surface area (Å²) in [5.41, 5.74) is 3.15. The van der Waals surface area contributed by atoms with Gasteiger partial charge in [-0.05, 0) is 30.7 Å². The standard InChI is InChI=1S/C24H19FN2O2/c1-15-14-19(16-8-4-3-5-9-16)22(27(15)2)23(28)24(29)26-21-13-7-10-17-18(21)11-6-12-20(17)25/h3-14H,1-2H3,(H,26,29). The number of ketones is 1. The van der Waals surface area contributed by atoms with Crippen molar-refractivity contribution in [3.05, 3.63) is 90.0 Å². The molecule has 0 aliphatic carbocycles. The maximum Gasteiger partial charge on any atom is 0.298 e. The number of Topliss-reactive ketones (excluding diaryl/α,β-unsaturated/α-hetero) is 1. The SMILES string of the molecule is Cc1cc(-c2ccccc2)c(C(=O)C(=O)Nc2cccc3c(F)cccc23)n1C. The maximum absolute atomic E-state index is 14.0. The summed E-state index contributed by atoms with van der Waals surface area (Å²) in [5.74, 6) is -1.79. The van der Waals surface area contributed by atoms with E-state index in [4.69, 9.17) is 0 Å². The zero-order chi connectivity index (χ0) is 20.5. The van der Waals surface area contributed by atoms with Crippen molar-refractivity contribution in [3.63, 3.8) is 0 Å². The van der Waals surface area contributed by atoms with Crippen molar-refractivity contribution >= 4 is 28.2 Å². The van der Waals surface area contributed by atoms with E-state index in [0.717, 1.165) is 11.3 Å². The number of hydrogen-bond acceptors (Lipinski definition) is 2. The summed E-state index contributed by atoms with van der Waals surface area (Å²) < 4.78 is 15.8. The number of nitrogens with one attached hydrogen (secondary N) is 1. The van der Waals surface area contributed by atoms with E-state index >= 15 is 0 Å². The lowest BCUT2D eigenvalue weighted by molar-refractivity contribution is -0.112. The van der Waals surface area contributed by atoms with Gasteiger partial charge in [0, 0.05) is 34.8 Å². The summed E-state index contributed by atoms with van der Waals surface area (Å²) in [6.45, 7) is 1.88. The molecule has 0 bridgehead atoms. The van der Waals surface area contributed by atoms with E-state index in [1.165, 1.54) is 6.07 Å². The summed E-state index contributed by atoms with van der Waals surface area (Å²) in [5, 5.41) is 3.59. The Labute approximate surface area is 167 Å². The van der Waals surface area contributed by atoms with Gasteiger partial charge >= 0.3 is 0 Å². The first-order valence-corrected chi connectivity index (χ1v) is 9.22. The first-order chi connectivity index (χ1) is 14.0. The summed E-state index contributed by atoms with van der Waals surface area (Å²) in [4.78, 5) is 25.9. The van der Waals surface area contributed by atoms with Crippen molar-refractivity contribution < 1.29 is 14.0 Å². The van der Waals surface area contributed by atoms with Crippen LogP contribution in [0.15, 0.2) is 72.8 Å². The highest BCUT2D eigenvalue weighted by Gasteiger charge is 2.25. The largest absolute Gasteiger partial charge is 0.345 e. The number of carbonyl (C=O) groups excluding carboxylic acids is 2. The average molecular weight is 386 g/mol. The number of amides is 1. The zero-order valence-electron chi connectivity index (χ0n) is 16.1. The van der Waals surface area contributed by atoms with Gasteiger partial charge in [-0.3, -0.25) is 9.59 Å². The van der Waals surface area contributed by atoms with Crippen LogP contribution in [0, 0.1) is 12.7 Å². The Hall–Kier alpha value is -3.73. The minimum Gasteiger partial charge on any atom is -0.345 e. The minimum absolute atomic E-state index is 0.317. The lowest BCUT2D eigenvalue weighted by Crippen LogP contribution is -2.25. The number of rotatable bonds is 4. The summed E-state index contributed by atoms with van der Waals surface area (Å²) >= 11 is 0. The minimum atomic E-state index is -0.764. The van der Waals surface area contributed by atoms with E-state index in [0.29, 0.717) is 27.7 Å². The second-order valence-electron chi connectivity index (χ2n) is 6.90. The van der Waals surface area contributed by atoms with Crippen LogP contribution in [0.4, 0.5) is 10.1 Å². The van der Waals surface area contributed by atoms with Gasteiger partial charge in [-0.2, -0.15) is 0 Å². The van der Waals surface area contributed by atoms with E-state index in [-0.39, 0.29) is 5.82 Å². The number of halogens is 1. The number of anilines is 1. The topological polar surface area (TPSA) is 51.1 Å². The number of aromatic nitrogens is 1. The van der Waals surface area contributed by atoms with Crippen molar-refractivity contribution in [3.8, 4) is 11.1 Å². The Morgan fingerprint density at radius 1 is 0.897 bits per heavy atom. The molecule has 0 saturated carbocycles. The first-order valence-electron chi connectivity index (χ1n) is 9.22. The van der Waals surface area contributed by atoms with E-state index in [2.05, 4.69) is 5.32 Å². The molecule has 1 amide bonds. The van der Waals surface area contributed by atoms with E-state index in [1.807, 2.05) is 43.3 Å². The quantitative estimate of drug-likeness (QED) is 0.391. The fraction of sp³-hybridized carbons (Fsp3) is 0.0833. The Morgan fingerprint density at radius 2 is 1.59 bits per heavy atom. The molecule has 3 aromatic carbocycles. The van der Waals surface area contributed by atoms with Crippen molar-refractivity contribution in [2.75, 3.05) is 5.32 Å². The van der Waals surface area contributed by atoms with Gasteiger partial charge < -0.3 is 9.88 Å². The number of benzene rings is 3. The Balaban J connectivity index is 1.72. The smallest absolute Gasteiger partial charge is 0.298 e. The number of aryl methyl sites for hydroxylation is 1. The van der Waals surface area contributed by atoms with E-state index in [1.54, 1.807) is 41.9 Å². The molecule has 4 rings (SSSR count). The molecule has 0 radical (unpaired) electrons. The molecule has 29 heavy (non-hydrogen) atoms. The Morgan fingerprint density at radius 3 is 2.34 bits per heavy atom. The molecule has 4 aromatic rings. The van der Waals surface area contributed by atoms with Gasteiger partial charge in [-0.1, -0.05) is 54.6 Å². The van der Waals surface area contributed by atoms with E-state index < -0.39 is 11.7 Å². The number of carbonyl (C=O) groups is 2. The third kappa shape index (κ3) is 3.31. The van der Waals surface area contributed by atoms with Crippen LogP contribution in [-0.4, -0.2) is 16.3 Å². The van der Waals surface area contributed by atoms with Crippen LogP contribution >= 0.6 is 0 Å². The number of hydrogen-bond donors (Lipinski definition) is 1. The van der Waals surface area contributed by atoms with Gasteiger partial charge in [-0.25, -0.2) is 4.39 Å². The highest BCUT2D eigenvalue weighted by Crippen LogP contribution is 2.29. The Kier molecular flexibility index (Phi) is 4.72. The molecule has 0 unspecified atom stereocenters. The molecule has 0 aliphatic rings. The summed E-state index contributed by atoms with van der Waals surface area (Å²) in [6, 6.07) is 20.9. The second-order valence-corrected chi connectivity index (χ2v) is 6.90. The molecule has 0 saturated heterocycles. The fourth-order valence-electron chi connectivity index (χ4n) is 3.51. The molecule has 1 heterocycles. The highest BCUT2D eigenvalue weighted by molar-refractivity contribution is 6.47. The third-order valence-electron chi connectivity index (χ3n) is 5.10. The normalized spacial score (nSPS) is 10.9. The molecular weight excluding hydrogens is 367 g/mol. The van der Waals surface area contributed by atoms with Crippen molar-refractivity contribution in [2.45, 2.75) is 6.92 Å². The maximum atomic E-state index is 14.0. The summed E-state index contributed by atoms with van der Waals surface area (Å²) in [6.07, 6.45) is 0. The molecule has 144 valence electrons. The highest BCUT2D eigenvalue weighted by atomic mass is 19.1. The van der Waals surface area contributed by atoms with Crippen molar-refractivity contribution in [2.24, 2.45) is 7.05 Å². The molecule has 1 aromatic heterocycles. The molecule has 5 heteroatoms. The molecule has 0 fully saturated rings. The van der Waals surface area contributed by atoms with Gasteiger partial charge in [0.05, 0.1) is 0 Å². The molecule has 1 N–H and O–H groups in total. The van der Waals surface area contributed by atoms with Gasteiger partial charge in [0.2, 0.25) is 0 Å². The van der Waals surface area contributed by atoms with E-state index in [9.17, 15) is 14.0 Å². The number of nitrogens with zero attached hydrogens (tertiary/aromatic N) is 1. The van der Waals surface area contributed by atoms with Gasteiger partial charge in [0.25, 0.3) is 11.7 Å². The molecule has 0 atom stereocenters. The number of fused-ring (bicyclic) bond motifs is 1. The van der Waals surface area contributed by atoms with Crippen LogP contribution in [0.5, 0.6) is 0 Å². The van der Waals surface area contributed by atoms with Gasteiger partial charge in [-0.15, -0.1) is 0 Å².